The Labute approximate surface area is 193 Å². The predicted molar refractivity (Wildman–Crippen MR) is 127 cm³/mol. The maximum atomic E-state index is 6.28. The maximum absolute atomic E-state index is 6.28. The highest BCUT2D eigenvalue weighted by Crippen LogP contribution is 2.29. The van der Waals surface area contributed by atoms with Crippen LogP contribution in [0.5, 0.6) is 5.75 Å². The Hall–Kier alpha value is -3.13. The molecule has 2 aromatic heterocycles. The number of nitrogens with zero attached hydrogens (tertiary/aromatic N) is 4. The number of hydrogen-bond acceptors (Lipinski definition) is 7. The van der Waals surface area contributed by atoms with E-state index in [1.807, 2.05) is 42.2 Å². The van der Waals surface area contributed by atoms with Crippen LogP contribution >= 0.6 is 11.6 Å². The molecular formula is C23H29ClN7O+. The fourth-order valence-electron chi connectivity index (χ4n) is 3.75. The Morgan fingerprint density at radius 2 is 1.50 bits per heavy atom. The van der Waals surface area contributed by atoms with Crippen molar-refractivity contribution < 1.29 is 9.30 Å². The standard InChI is InChI=1S/C23H28ClN7O/c1-31-13-11-17(12-14-31)26-22-28-21(25-16-7-5-3-4-6-8-16)29-23(30-22)27-18-9-10-20(32-2)19(24)15-18/h9-16H,3-8H2,1-2H3,(H2,25,27,28,29,30)/p+1. The van der Waals surface area contributed by atoms with Gasteiger partial charge in [0.05, 0.1) is 17.8 Å². The number of aryl methyl sites for hydroxylation is 1. The van der Waals surface area contributed by atoms with Gasteiger partial charge in [-0.2, -0.15) is 15.0 Å². The lowest BCUT2D eigenvalue weighted by molar-refractivity contribution is -0.671. The Kier molecular flexibility index (Phi) is 7.21. The Morgan fingerprint density at radius 3 is 2.12 bits per heavy atom. The zero-order valence-electron chi connectivity index (χ0n) is 18.4. The Morgan fingerprint density at radius 1 is 0.875 bits per heavy atom. The molecule has 0 spiro atoms. The van der Waals surface area contributed by atoms with E-state index in [1.165, 1.54) is 25.7 Å². The minimum absolute atomic E-state index is 0.367. The van der Waals surface area contributed by atoms with Crippen LogP contribution in [0.3, 0.4) is 0 Å². The molecule has 1 saturated carbocycles. The highest BCUT2D eigenvalue weighted by Gasteiger charge is 2.15. The highest BCUT2D eigenvalue weighted by atomic mass is 35.5. The van der Waals surface area contributed by atoms with Crippen LogP contribution in [0.1, 0.15) is 38.5 Å². The van der Waals surface area contributed by atoms with Gasteiger partial charge in [-0.15, -0.1) is 0 Å². The van der Waals surface area contributed by atoms with Gasteiger partial charge in [0.2, 0.25) is 17.8 Å². The number of rotatable bonds is 7. The molecule has 0 aliphatic heterocycles. The first-order valence-electron chi connectivity index (χ1n) is 10.9. The largest absolute Gasteiger partial charge is 0.495 e. The number of hydrogen-bond donors (Lipinski definition) is 3. The molecule has 0 bridgehead atoms. The van der Waals surface area contributed by atoms with Crippen LogP contribution in [-0.2, 0) is 7.05 Å². The van der Waals surface area contributed by atoms with Gasteiger partial charge in [-0.25, -0.2) is 4.57 Å². The van der Waals surface area contributed by atoms with Crippen molar-refractivity contribution in [1.82, 2.24) is 15.0 Å². The molecule has 168 valence electrons. The van der Waals surface area contributed by atoms with Gasteiger partial charge in [0.25, 0.3) is 0 Å². The van der Waals surface area contributed by atoms with E-state index in [-0.39, 0.29) is 0 Å². The van der Waals surface area contributed by atoms with E-state index < -0.39 is 0 Å². The summed E-state index contributed by atoms with van der Waals surface area (Å²) in [7, 11) is 3.57. The maximum Gasteiger partial charge on any atom is 0.233 e. The van der Waals surface area contributed by atoms with Crippen molar-refractivity contribution in [3.8, 4) is 5.75 Å². The minimum atomic E-state index is 0.367. The Balaban J connectivity index is 1.59. The first-order valence-corrected chi connectivity index (χ1v) is 11.3. The van der Waals surface area contributed by atoms with Gasteiger partial charge in [-0.1, -0.05) is 37.3 Å². The van der Waals surface area contributed by atoms with Crippen LogP contribution < -0.4 is 25.3 Å². The number of anilines is 5. The smallest absolute Gasteiger partial charge is 0.233 e. The predicted octanol–water partition coefficient (Wildman–Crippen LogP) is 4.98. The number of pyridine rings is 1. The summed E-state index contributed by atoms with van der Waals surface area (Å²) in [5.74, 6) is 2.06. The first-order chi connectivity index (χ1) is 15.6. The van der Waals surface area contributed by atoms with E-state index in [0.29, 0.717) is 34.7 Å². The number of halogens is 1. The third kappa shape index (κ3) is 5.97. The third-order valence-electron chi connectivity index (χ3n) is 5.47. The first kappa shape index (κ1) is 22.1. The second kappa shape index (κ2) is 10.5. The molecular weight excluding hydrogens is 426 g/mol. The lowest BCUT2D eigenvalue weighted by Gasteiger charge is -2.17. The van der Waals surface area contributed by atoms with Crippen molar-refractivity contribution in [3.05, 3.63) is 47.7 Å². The molecule has 1 aliphatic carbocycles. The van der Waals surface area contributed by atoms with Crippen molar-refractivity contribution in [2.24, 2.45) is 7.05 Å². The van der Waals surface area contributed by atoms with E-state index in [1.54, 1.807) is 19.2 Å². The summed E-state index contributed by atoms with van der Waals surface area (Å²) in [6.07, 6.45) is 11.2. The molecule has 9 heteroatoms. The van der Waals surface area contributed by atoms with Gasteiger partial charge < -0.3 is 20.7 Å². The number of methoxy groups -OCH3 is 1. The van der Waals surface area contributed by atoms with Gasteiger partial charge in [-0.05, 0) is 31.0 Å². The van der Waals surface area contributed by atoms with Gasteiger partial charge in [0, 0.05) is 23.9 Å². The molecule has 0 amide bonds. The van der Waals surface area contributed by atoms with Gasteiger partial charge in [-0.3, -0.25) is 0 Å². The third-order valence-corrected chi connectivity index (χ3v) is 5.76. The topological polar surface area (TPSA) is 87.9 Å². The van der Waals surface area contributed by atoms with E-state index in [4.69, 9.17) is 16.3 Å². The molecule has 0 atom stereocenters. The molecule has 0 saturated heterocycles. The summed E-state index contributed by atoms with van der Waals surface area (Å²) < 4.78 is 7.21. The van der Waals surface area contributed by atoms with E-state index >= 15 is 0 Å². The average molecular weight is 455 g/mol. The lowest BCUT2D eigenvalue weighted by Crippen LogP contribution is -2.25. The molecule has 2 heterocycles. The van der Waals surface area contributed by atoms with Crippen LogP contribution in [-0.4, -0.2) is 28.1 Å². The number of aromatic nitrogens is 4. The second-order valence-electron chi connectivity index (χ2n) is 7.99. The molecule has 1 aliphatic rings. The van der Waals surface area contributed by atoms with E-state index in [2.05, 4.69) is 30.9 Å². The fraction of sp³-hybridized carbons (Fsp3) is 0.391. The van der Waals surface area contributed by atoms with Crippen LogP contribution in [0.15, 0.2) is 42.7 Å². The Bertz CT molecular complexity index is 1040. The summed E-state index contributed by atoms with van der Waals surface area (Å²) in [6, 6.07) is 9.77. The fourth-order valence-corrected chi connectivity index (χ4v) is 4.00. The molecule has 3 N–H and O–H groups in total. The summed E-state index contributed by atoms with van der Waals surface area (Å²) in [5.41, 5.74) is 1.66. The van der Waals surface area contributed by atoms with Crippen LogP contribution in [0, 0.1) is 0 Å². The van der Waals surface area contributed by atoms with Crippen LogP contribution in [0.25, 0.3) is 0 Å². The SMILES string of the molecule is COc1ccc(Nc2nc(Nc3cc[n+](C)cc3)nc(NC3CCCCCC3)n2)cc1Cl. The van der Waals surface area contributed by atoms with Crippen molar-refractivity contribution in [1.29, 1.82) is 0 Å². The number of ether oxygens (including phenoxy) is 1. The number of benzene rings is 1. The molecule has 0 unspecified atom stereocenters. The molecule has 8 nitrogen and oxygen atoms in total. The van der Waals surface area contributed by atoms with E-state index in [0.717, 1.165) is 24.2 Å². The summed E-state index contributed by atoms with van der Waals surface area (Å²) in [4.78, 5) is 13.8. The summed E-state index contributed by atoms with van der Waals surface area (Å²) >= 11 is 6.28. The minimum Gasteiger partial charge on any atom is -0.495 e. The molecule has 4 rings (SSSR count). The van der Waals surface area contributed by atoms with Crippen molar-refractivity contribution in [2.75, 3.05) is 23.1 Å². The van der Waals surface area contributed by atoms with Gasteiger partial charge >= 0.3 is 0 Å². The molecule has 0 radical (unpaired) electrons. The zero-order chi connectivity index (χ0) is 22.3. The van der Waals surface area contributed by atoms with Crippen LogP contribution in [0.2, 0.25) is 5.02 Å². The van der Waals surface area contributed by atoms with Gasteiger partial charge in [0.15, 0.2) is 12.4 Å². The normalized spacial score (nSPS) is 14.5. The molecule has 32 heavy (non-hydrogen) atoms. The summed E-state index contributed by atoms with van der Waals surface area (Å²) in [5, 5.41) is 10.5. The van der Waals surface area contributed by atoms with Crippen molar-refractivity contribution in [3.63, 3.8) is 0 Å². The van der Waals surface area contributed by atoms with Crippen LogP contribution in [0.4, 0.5) is 29.2 Å². The van der Waals surface area contributed by atoms with Crippen molar-refractivity contribution >= 4 is 40.8 Å². The molecule has 1 aromatic carbocycles. The highest BCUT2D eigenvalue weighted by molar-refractivity contribution is 6.32. The zero-order valence-corrected chi connectivity index (χ0v) is 19.2. The average Bonchev–Trinajstić information content (AvgIpc) is 3.04. The molecule has 1 fully saturated rings. The second-order valence-corrected chi connectivity index (χ2v) is 8.40. The monoisotopic (exact) mass is 454 g/mol. The number of nitrogens with one attached hydrogen (secondary N) is 3. The quantitative estimate of drug-likeness (QED) is 0.342. The van der Waals surface area contributed by atoms with Gasteiger partial charge in [0.1, 0.15) is 12.8 Å². The lowest BCUT2D eigenvalue weighted by atomic mass is 10.1. The van der Waals surface area contributed by atoms with Crippen molar-refractivity contribution in [2.45, 2.75) is 44.6 Å². The van der Waals surface area contributed by atoms with E-state index in [9.17, 15) is 0 Å². The molecule has 3 aromatic rings. The summed E-state index contributed by atoms with van der Waals surface area (Å²) in [6.45, 7) is 0.